The van der Waals surface area contributed by atoms with E-state index in [9.17, 15) is 13.2 Å². The highest BCUT2D eigenvalue weighted by Gasteiger charge is 2.33. The number of anilines is 1. The molecule has 0 unspecified atom stereocenters. The minimum atomic E-state index is -1.17. The average molecular weight is 359 g/mol. The summed E-state index contributed by atoms with van der Waals surface area (Å²) in [6, 6.07) is 8.99. The molecule has 0 bridgehead atoms. The molecular formula is C19H18F3N4+. The van der Waals surface area contributed by atoms with Gasteiger partial charge in [0.25, 0.3) is 0 Å². The molecule has 1 aliphatic rings. The van der Waals surface area contributed by atoms with Gasteiger partial charge in [0, 0.05) is 24.1 Å². The Morgan fingerprint density at radius 1 is 1.00 bits per heavy atom. The molecule has 0 spiro atoms. The molecule has 1 fully saturated rings. The summed E-state index contributed by atoms with van der Waals surface area (Å²) >= 11 is 0. The molecular weight excluding hydrogens is 341 g/mol. The van der Waals surface area contributed by atoms with Crippen molar-refractivity contribution in [3.05, 3.63) is 65.6 Å². The zero-order valence-electron chi connectivity index (χ0n) is 14.0. The molecule has 4 rings (SSSR count). The molecule has 0 amide bonds. The fourth-order valence-electron chi connectivity index (χ4n) is 3.57. The Morgan fingerprint density at radius 3 is 2.50 bits per heavy atom. The van der Waals surface area contributed by atoms with E-state index in [2.05, 4.69) is 15.7 Å². The van der Waals surface area contributed by atoms with Gasteiger partial charge in [-0.2, -0.15) is 0 Å². The number of benzene rings is 2. The van der Waals surface area contributed by atoms with Gasteiger partial charge >= 0.3 is 0 Å². The van der Waals surface area contributed by atoms with Crippen molar-refractivity contribution in [2.75, 3.05) is 18.0 Å². The lowest BCUT2D eigenvalue weighted by Gasteiger charge is -2.35. The number of para-hydroxylation sites is 2. The zero-order valence-corrected chi connectivity index (χ0v) is 14.0. The Bertz CT molecular complexity index is 963. The highest BCUT2D eigenvalue weighted by Crippen LogP contribution is 2.31. The summed E-state index contributed by atoms with van der Waals surface area (Å²) in [5, 5.41) is 0. The van der Waals surface area contributed by atoms with Gasteiger partial charge in [0.15, 0.2) is 11.6 Å². The molecule has 0 radical (unpaired) electrons. The molecule has 1 saturated heterocycles. The summed E-state index contributed by atoms with van der Waals surface area (Å²) in [7, 11) is 0. The first-order valence-corrected chi connectivity index (χ1v) is 8.47. The maximum atomic E-state index is 14.1. The lowest BCUT2D eigenvalue weighted by Crippen LogP contribution is -2.70. The fraction of sp³-hybridized carbons (Fsp3) is 0.263. The molecule has 4 nitrogen and oxygen atoms in total. The molecule has 134 valence electrons. The smallest absolute Gasteiger partial charge is 0.161 e. The summed E-state index contributed by atoms with van der Waals surface area (Å²) in [5.74, 6) is -2.45. The van der Waals surface area contributed by atoms with Crippen LogP contribution in [0.2, 0.25) is 0 Å². The van der Waals surface area contributed by atoms with Crippen LogP contribution in [0.15, 0.2) is 42.6 Å². The molecule has 26 heavy (non-hydrogen) atoms. The Kier molecular flexibility index (Phi) is 4.24. The van der Waals surface area contributed by atoms with Crippen molar-refractivity contribution in [2.45, 2.75) is 18.4 Å². The first-order valence-electron chi connectivity index (χ1n) is 8.47. The van der Waals surface area contributed by atoms with Gasteiger partial charge in [0.05, 0.1) is 23.8 Å². The van der Waals surface area contributed by atoms with E-state index in [1.807, 2.05) is 29.2 Å². The van der Waals surface area contributed by atoms with Gasteiger partial charge in [-0.05, 0) is 24.6 Å². The van der Waals surface area contributed by atoms with Gasteiger partial charge < -0.3 is 10.6 Å². The first kappa shape index (κ1) is 16.8. The standard InChI is InChI=1S/C19H17F3N4/c20-13-8-15(22)14(21)7-12(13)11-5-6-26(10-16(11)23)19-9-24-17-3-1-2-4-18(17)25-19/h1-4,7-9,11,16H,5-6,10,23H2/p+1/t11-,16+/m1/s1. The monoisotopic (exact) mass is 359 g/mol. The minimum Gasteiger partial charge on any atom is -0.353 e. The first-order chi connectivity index (χ1) is 12.5. The third kappa shape index (κ3) is 2.99. The van der Waals surface area contributed by atoms with Crippen LogP contribution in [0.1, 0.15) is 17.9 Å². The number of fused-ring (bicyclic) bond motifs is 1. The van der Waals surface area contributed by atoms with Gasteiger partial charge in [0.2, 0.25) is 0 Å². The summed E-state index contributed by atoms with van der Waals surface area (Å²) in [5.41, 5.74) is 5.93. The Labute approximate surface area is 148 Å². The van der Waals surface area contributed by atoms with Crippen molar-refractivity contribution in [3.63, 3.8) is 0 Å². The predicted octanol–water partition coefficient (Wildman–Crippen LogP) is 2.65. The maximum Gasteiger partial charge on any atom is 0.161 e. The number of nitrogens with zero attached hydrogens (tertiary/aromatic N) is 3. The van der Waals surface area contributed by atoms with E-state index in [0.29, 0.717) is 25.6 Å². The van der Waals surface area contributed by atoms with Crippen LogP contribution in [0.5, 0.6) is 0 Å². The highest BCUT2D eigenvalue weighted by atomic mass is 19.2. The molecule has 2 aromatic carbocycles. The number of aromatic nitrogens is 2. The van der Waals surface area contributed by atoms with Crippen LogP contribution in [0, 0.1) is 17.5 Å². The summed E-state index contributed by atoms with van der Waals surface area (Å²) in [6.07, 6.45) is 2.29. The van der Waals surface area contributed by atoms with E-state index in [0.717, 1.165) is 22.9 Å². The van der Waals surface area contributed by atoms with Crippen LogP contribution in [0.3, 0.4) is 0 Å². The van der Waals surface area contributed by atoms with E-state index in [-0.39, 0.29) is 17.5 Å². The summed E-state index contributed by atoms with van der Waals surface area (Å²) in [6.45, 7) is 1.15. The van der Waals surface area contributed by atoms with E-state index in [4.69, 9.17) is 0 Å². The van der Waals surface area contributed by atoms with Gasteiger partial charge in [-0.1, -0.05) is 12.1 Å². The summed E-state index contributed by atoms with van der Waals surface area (Å²) in [4.78, 5) is 11.1. The maximum absolute atomic E-state index is 14.1. The second-order valence-corrected chi connectivity index (χ2v) is 6.61. The highest BCUT2D eigenvalue weighted by molar-refractivity contribution is 5.75. The van der Waals surface area contributed by atoms with E-state index < -0.39 is 17.5 Å². The Morgan fingerprint density at radius 2 is 1.73 bits per heavy atom. The van der Waals surface area contributed by atoms with Gasteiger partial charge in [-0.3, -0.25) is 4.98 Å². The number of rotatable bonds is 2. The Balaban J connectivity index is 1.57. The van der Waals surface area contributed by atoms with E-state index in [1.165, 1.54) is 0 Å². The molecule has 3 N–H and O–H groups in total. The number of piperidine rings is 1. The number of quaternary nitrogens is 1. The topological polar surface area (TPSA) is 56.7 Å². The number of halogens is 3. The molecule has 7 heteroatoms. The number of hydrogen-bond donors (Lipinski definition) is 1. The van der Waals surface area contributed by atoms with Crippen molar-refractivity contribution < 1.29 is 18.9 Å². The zero-order chi connectivity index (χ0) is 18.3. The van der Waals surface area contributed by atoms with Crippen molar-refractivity contribution in [2.24, 2.45) is 0 Å². The van der Waals surface area contributed by atoms with Crippen LogP contribution in [0.4, 0.5) is 19.0 Å². The second kappa shape index (κ2) is 6.57. The van der Waals surface area contributed by atoms with Gasteiger partial charge in [0.1, 0.15) is 17.7 Å². The molecule has 0 saturated carbocycles. The quantitative estimate of drug-likeness (QED) is 0.716. The minimum absolute atomic E-state index is 0.184. The molecule has 2 atom stereocenters. The molecule has 2 heterocycles. The third-order valence-corrected chi connectivity index (χ3v) is 4.93. The molecule has 3 aromatic rings. The van der Waals surface area contributed by atoms with E-state index in [1.54, 1.807) is 6.20 Å². The van der Waals surface area contributed by atoms with Crippen LogP contribution >= 0.6 is 0 Å². The summed E-state index contributed by atoms with van der Waals surface area (Å²) < 4.78 is 40.8. The third-order valence-electron chi connectivity index (χ3n) is 4.93. The molecule has 1 aliphatic heterocycles. The van der Waals surface area contributed by atoms with Crippen LogP contribution in [0.25, 0.3) is 11.0 Å². The van der Waals surface area contributed by atoms with Crippen LogP contribution < -0.4 is 10.6 Å². The average Bonchev–Trinajstić information content (AvgIpc) is 2.64. The van der Waals surface area contributed by atoms with Crippen molar-refractivity contribution in [1.82, 2.24) is 9.97 Å². The normalized spacial score (nSPS) is 20.5. The van der Waals surface area contributed by atoms with Crippen LogP contribution in [-0.4, -0.2) is 29.1 Å². The number of hydrogen-bond acceptors (Lipinski definition) is 3. The largest absolute Gasteiger partial charge is 0.353 e. The van der Waals surface area contributed by atoms with Crippen LogP contribution in [-0.2, 0) is 0 Å². The lowest BCUT2D eigenvalue weighted by molar-refractivity contribution is -0.424. The molecule has 0 aliphatic carbocycles. The van der Waals surface area contributed by atoms with Crippen molar-refractivity contribution in [1.29, 1.82) is 0 Å². The SMILES string of the molecule is [NH3+][C@H]1CN(c2cnc3ccccc3n2)CC[C@@H]1c1cc(F)c(F)cc1F. The van der Waals surface area contributed by atoms with Gasteiger partial charge in [-0.25, -0.2) is 18.2 Å². The fourth-order valence-corrected chi connectivity index (χ4v) is 3.57. The van der Waals surface area contributed by atoms with Crippen molar-refractivity contribution >= 4 is 16.9 Å². The lowest BCUT2D eigenvalue weighted by atomic mass is 9.85. The Hall–Kier alpha value is -2.67. The van der Waals surface area contributed by atoms with Gasteiger partial charge in [-0.15, -0.1) is 0 Å². The van der Waals surface area contributed by atoms with Crippen molar-refractivity contribution in [3.8, 4) is 0 Å². The van der Waals surface area contributed by atoms with E-state index >= 15 is 0 Å². The second-order valence-electron chi connectivity index (χ2n) is 6.61. The molecule has 1 aromatic heterocycles. The predicted molar refractivity (Wildman–Crippen MR) is 92.1 cm³/mol.